The number of nitrogens with one attached hydrogen (secondary N) is 1. The van der Waals surface area contributed by atoms with Crippen molar-refractivity contribution in [1.82, 2.24) is 10.2 Å². The Hall–Kier alpha value is -1.99. The molecule has 1 amide bonds. The highest BCUT2D eigenvalue weighted by atomic mass is 32.1. The highest BCUT2D eigenvalue weighted by Gasteiger charge is 2.23. The van der Waals surface area contributed by atoms with Gasteiger partial charge in [0.15, 0.2) is 0 Å². The standard InChI is InChI=1S/C24H28N2O2S2/c1-18-8-10-19(11-9-18)24(22-7-4-14-30-22)25-23(27)17-26(15-20-5-2-12-28-20)16-21-6-3-13-29-21/h3-4,6-11,13-14,20,24H,2,5,12,15-17H2,1H3,(H,25,27)/t20-,24-/m1/s1. The van der Waals surface area contributed by atoms with E-state index in [4.69, 9.17) is 4.74 Å². The number of hydrogen-bond acceptors (Lipinski definition) is 5. The minimum Gasteiger partial charge on any atom is -0.377 e. The molecular formula is C24H28N2O2S2. The molecule has 2 aromatic heterocycles. The quantitative estimate of drug-likeness (QED) is 0.509. The van der Waals surface area contributed by atoms with E-state index >= 15 is 0 Å². The van der Waals surface area contributed by atoms with Crippen LogP contribution in [0.3, 0.4) is 0 Å². The van der Waals surface area contributed by atoms with Crippen LogP contribution in [0.4, 0.5) is 0 Å². The van der Waals surface area contributed by atoms with E-state index in [0.29, 0.717) is 6.54 Å². The third-order valence-corrected chi connectivity index (χ3v) is 7.15. The third-order valence-electron chi connectivity index (χ3n) is 5.36. The highest BCUT2D eigenvalue weighted by Crippen LogP contribution is 2.26. The fourth-order valence-corrected chi connectivity index (χ4v) is 5.38. The molecule has 0 unspecified atom stereocenters. The lowest BCUT2D eigenvalue weighted by atomic mass is 10.0. The van der Waals surface area contributed by atoms with E-state index in [-0.39, 0.29) is 18.1 Å². The summed E-state index contributed by atoms with van der Waals surface area (Å²) in [5.74, 6) is 0.0449. The molecule has 0 radical (unpaired) electrons. The SMILES string of the molecule is Cc1ccc([C@@H](NC(=O)CN(Cc2cccs2)C[C@H]2CCCO2)c2cccs2)cc1. The minimum absolute atomic E-state index is 0.0449. The second-order valence-electron chi connectivity index (χ2n) is 7.81. The summed E-state index contributed by atoms with van der Waals surface area (Å²) < 4.78 is 5.84. The summed E-state index contributed by atoms with van der Waals surface area (Å²) in [7, 11) is 0. The molecule has 1 aromatic carbocycles. The number of nitrogens with zero attached hydrogens (tertiary/aromatic N) is 1. The number of carbonyl (C=O) groups is 1. The van der Waals surface area contributed by atoms with E-state index in [1.807, 2.05) is 6.07 Å². The fourth-order valence-electron chi connectivity index (χ4n) is 3.83. The van der Waals surface area contributed by atoms with Gasteiger partial charge in [-0.15, -0.1) is 22.7 Å². The van der Waals surface area contributed by atoms with Crippen LogP contribution in [-0.2, 0) is 16.1 Å². The number of rotatable bonds is 9. The van der Waals surface area contributed by atoms with Gasteiger partial charge in [0.1, 0.15) is 0 Å². The Labute approximate surface area is 186 Å². The summed E-state index contributed by atoms with van der Waals surface area (Å²) in [4.78, 5) is 17.8. The zero-order valence-corrected chi connectivity index (χ0v) is 18.9. The Bertz CT molecular complexity index is 901. The van der Waals surface area contributed by atoms with Gasteiger partial charge in [-0.3, -0.25) is 9.69 Å². The summed E-state index contributed by atoms with van der Waals surface area (Å²) in [5, 5.41) is 7.43. The van der Waals surface area contributed by atoms with E-state index in [1.54, 1.807) is 22.7 Å². The number of benzene rings is 1. The molecule has 1 saturated heterocycles. The largest absolute Gasteiger partial charge is 0.377 e. The van der Waals surface area contributed by atoms with Gasteiger partial charge in [0.05, 0.1) is 18.7 Å². The lowest BCUT2D eigenvalue weighted by Crippen LogP contribution is -2.41. The third kappa shape index (κ3) is 5.79. The predicted octanol–water partition coefficient (Wildman–Crippen LogP) is 5.00. The van der Waals surface area contributed by atoms with Crippen LogP contribution in [0.15, 0.2) is 59.3 Å². The summed E-state index contributed by atoms with van der Waals surface area (Å²) in [6.45, 7) is 4.85. The maximum Gasteiger partial charge on any atom is 0.234 e. The minimum atomic E-state index is -0.121. The highest BCUT2D eigenvalue weighted by molar-refractivity contribution is 7.10. The van der Waals surface area contributed by atoms with Gasteiger partial charge < -0.3 is 10.1 Å². The Morgan fingerprint density at radius 2 is 1.97 bits per heavy atom. The summed E-state index contributed by atoms with van der Waals surface area (Å²) in [6.07, 6.45) is 2.41. The maximum atomic E-state index is 13.1. The van der Waals surface area contributed by atoms with Gasteiger partial charge in [-0.05, 0) is 48.2 Å². The molecule has 2 atom stereocenters. The van der Waals surface area contributed by atoms with Gasteiger partial charge in [-0.2, -0.15) is 0 Å². The zero-order valence-electron chi connectivity index (χ0n) is 17.3. The van der Waals surface area contributed by atoms with Crippen molar-refractivity contribution in [2.24, 2.45) is 0 Å². The average molecular weight is 441 g/mol. The fraction of sp³-hybridized carbons (Fsp3) is 0.375. The van der Waals surface area contributed by atoms with Crippen molar-refractivity contribution in [2.45, 2.75) is 38.5 Å². The van der Waals surface area contributed by atoms with E-state index < -0.39 is 0 Å². The van der Waals surface area contributed by atoms with Crippen LogP contribution in [0.25, 0.3) is 0 Å². The Kier molecular flexibility index (Phi) is 7.33. The van der Waals surface area contributed by atoms with Gasteiger partial charge in [0.2, 0.25) is 5.91 Å². The van der Waals surface area contributed by atoms with Crippen LogP contribution in [0.1, 0.15) is 39.8 Å². The molecule has 0 bridgehead atoms. The molecule has 3 aromatic rings. The molecule has 6 heteroatoms. The Morgan fingerprint density at radius 1 is 1.17 bits per heavy atom. The van der Waals surface area contributed by atoms with E-state index in [0.717, 1.165) is 43.0 Å². The van der Waals surface area contributed by atoms with Crippen molar-refractivity contribution in [3.05, 3.63) is 80.2 Å². The molecule has 0 spiro atoms. The first-order chi connectivity index (χ1) is 14.7. The lowest BCUT2D eigenvalue weighted by molar-refractivity contribution is -0.123. The van der Waals surface area contributed by atoms with Crippen LogP contribution in [0.5, 0.6) is 0 Å². The van der Waals surface area contributed by atoms with Crippen LogP contribution in [0.2, 0.25) is 0 Å². The molecule has 0 aliphatic carbocycles. The molecule has 1 fully saturated rings. The zero-order chi connectivity index (χ0) is 20.8. The van der Waals surface area contributed by atoms with Crippen molar-refractivity contribution in [2.75, 3.05) is 19.7 Å². The summed E-state index contributed by atoms with van der Waals surface area (Å²) >= 11 is 3.41. The van der Waals surface area contributed by atoms with Gasteiger partial charge >= 0.3 is 0 Å². The molecule has 1 aliphatic heterocycles. The van der Waals surface area contributed by atoms with E-state index in [1.165, 1.54) is 10.4 Å². The van der Waals surface area contributed by atoms with Crippen molar-refractivity contribution >= 4 is 28.6 Å². The van der Waals surface area contributed by atoms with Crippen LogP contribution < -0.4 is 5.32 Å². The first kappa shape index (κ1) is 21.2. The topological polar surface area (TPSA) is 41.6 Å². The lowest BCUT2D eigenvalue weighted by Gasteiger charge is -2.26. The Morgan fingerprint density at radius 3 is 2.63 bits per heavy atom. The molecule has 1 N–H and O–H groups in total. The molecule has 158 valence electrons. The van der Waals surface area contributed by atoms with Gasteiger partial charge in [-0.25, -0.2) is 0 Å². The van der Waals surface area contributed by atoms with E-state index in [2.05, 4.69) is 70.4 Å². The van der Waals surface area contributed by atoms with Crippen molar-refractivity contribution in [3.8, 4) is 0 Å². The monoisotopic (exact) mass is 440 g/mol. The molecule has 30 heavy (non-hydrogen) atoms. The van der Waals surface area contributed by atoms with Gasteiger partial charge in [0, 0.05) is 29.5 Å². The second kappa shape index (κ2) is 10.4. The van der Waals surface area contributed by atoms with Crippen molar-refractivity contribution in [1.29, 1.82) is 0 Å². The van der Waals surface area contributed by atoms with Crippen LogP contribution in [0, 0.1) is 6.92 Å². The number of carbonyl (C=O) groups excluding carboxylic acids is 1. The smallest absolute Gasteiger partial charge is 0.234 e. The number of ether oxygens (including phenoxy) is 1. The van der Waals surface area contributed by atoms with Gasteiger partial charge in [0.25, 0.3) is 0 Å². The summed E-state index contributed by atoms with van der Waals surface area (Å²) in [5.41, 5.74) is 2.33. The molecular weight excluding hydrogens is 412 g/mol. The second-order valence-corrected chi connectivity index (χ2v) is 9.82. The number of amides is 1. The van der Waals surface area contributed by atoms with E-state index in [9.17, 15) is 4.79 Å². The maximum absolute atomic E-state index is 13.1. The first-order valence-corrected chi connectivity index (χ1v) is 12.2. The molecule has 1 aliphatic rings. The molecule has 4 nitrogen and oxygen atoms in total. The first-order valence-electron chi connectivity index (χ1n) is 10.4. The average Bonchev–Trinajstić information content (AvgIpc) is 3.51. The number of hydrogen-bond donors (Lipinski definition) is 1. The summed E-state index contributed by atoms with van der Waals surface area (Å²) in [6, 6.07) is 16.6. The molecule has 0 saturated carbocycles. The van der Waals surface area contributed by atoms with Gasteiger partial charge in [-0.1, -0.05) is 42.0 Å². The number of thiophene rings is 2. The number of aryl methyl sites for hydroxylation is 1. The molecule has 4 rings (SSSR count). The van der Waals surface area contributed by atoms with Crippen LogP contribution >= 0.6 is 22.7 Å². The predicted molar refractivity (Wildman–Crippen MR) is 124 cm³/mol. The molecule has 3 heterocycles. The van der Waals surface area contributed by atoms with Crippen molar-refractivity contribution in [3.63, 3.8) is 0 Å². The normalized spacial score (nSPS) is 17.3. The Balaban J connectivity index is 1.46. The van der Waals surface area contributed by atoms with Crippen molar-refractivity contribution < 1.29 is 9.53 Å². The van der Waals surface area contributed by atoms with Crippen LogP contribution in [-0.4, -0.2) is 36.6 Å².